The molecule has 2 aromatic carbocycles. The van der Waals surface area contributed by atoms with Crippen LogP contribution < -0.4 is 14.8 Å². The summed E-state index contributed by atoms with van der Waals surface area (Å²) in [7, 11) is 1.67. The number of nitrogens with one attached hydrogen (secondary N) is 1. The third-order valence-corrected chi connectivity index (χ3v) is 3.18. The van der Waals surface area contributed by atoms with E-state index in [0.29, 0.717) is 12.6 Å². The van der Waals surface area contributed by atoms with Crippen LogP contribution in [0.1, 0.15) is 25.0 Å². The van der Waals surface area contributed by atoms with Gasteiger partial charge in [-0.25, -0.2) is 0 Å². The topological polar surface area (TPSA) is 30.5 Å². The zero-order chi connectivity index (χ0) is 15.1. The normalized spacial score (nSPS) is 10.2. The lowest BCUT2D eigenvalue weighted by atomic mass is 10.2. The maximum Gasteiger partial charge on any atom is 0.161 e. The molecule has 120 valence electrons. The van der Waals surface area contributed by atoms with Crippen LogP contribution in [0, 0.1) is 0 Å². The van der Waals surface area contributed by atoms with Gasteiger partial charge in [-0.3, -0.25) is 0 Å². The monoisotopic (exact) mass is 321 g/mol. The third-order valence-electron chi connectivity index (χ3n) is 3.18. The highest BCUT2D eigenvalue weighted by Gasteiger charge is 2.06. The summed E-state index contributed by atoms with van der Waals surface area (Å²) in [4.78, 5) is 0. The lowest BCUT2D eigenvalue weighted by Crippen LogP contribution is -2.21. The van der Waals surface area contributed by atoms with Crippen LogP contribution in [-0.4, -0.2) is 13.2 Å². The van der Waals surface area contributed by atoms with Crippen molar-refractivity contribution in [3.8, 4) is 11.5 Å². The maximum absolute atomic E-state index is 5.85. The number of benzene rings is 2. The van der Waals surface area contributed by atoms with Crippen molar-refractivity contribution in [3.63, 3.8) is 0 Å². The van der Waals surface area contributed by atoms with Crippen molar-refractivity contribution in [1.82, 2.24) is 5.32 Å². The second-order valence-electron chi connectivity index (χ2n) is 5.30. The Balaban J connectivity index is 0.00000242. The van der Waals surface area contributed by atoms with Gasteiger partial charge in [0.15, 0.2) is 11.5 Å². The van der Waals surface area contributed by atoms with Crippen LogP contribution in [0.25, 0.3) is 0 Å². The number of rotatable bonds is 7. The smallest absolute Gasteiger partial charge is 0.161 e. The molecular weight excluding hydrogens is 298 g/mol. The van der Waals surface area contributed by atoms with Crippen LogP contribution in [0.3, 0.4) is 0 Å². The Labute approximate surface area is 139 Å². The minimum absolute atomic E-state index is 0. The van der Waals surface area contributed by atoms with Gasteiger partial charge < -0.3 is 14.8 Å². The summed E-state index contributed by atoms with van der Waals surface area (Å²) in [5, 5.41) is 3.39. The molecule has 0 aliphatic heterocycles. The summed E-state index contributed by atoms with van der Waals surface area (Å²) >= 11 is 0. The highest BCUT2D eigenvalue weighted by atomic mass is 35.5. The molecule has 3 nitrogen and oxygen atoms in total. The molecule has 0 saturated heterocycles. The molecule has 22 heavy (non-hydrogen) atoms. The molecule has 1 N–H and O–H groups in total. The average Bonchev–Trinajstić information content (AvgIpc) is 2.52. The molecule has 0 saturated carbocycles. The molecule has 0 atom stereocenters. The van der Waals surface area contributed by atoms with E-state index in [2.05, 4.69) is 25.2 Å². The van der Waals surface area contributed by atoms with E-state index in [1.165, 1.54) is 5.56 Å². The summed E-state index contributed by atoms with van der Waals surface area (Å²) in [5.41, 5.74) is 2.33. The van der Waals surface area contributed by atoms with Gasteiger partial charge in [0.25, 0.3) is 0 Å². The molecule has 0 radical (unpaired) electrons. The van der Waals surface area contributed by atoms with Crippen molar-refractivity contribution < 1.29 is 9.47 Å². The van der Waals surface area contributed by atoms with Gasteiger partial charge in [0, 0.05) is 12.6 Å². The Kier molecular flexibility index (Phi) is 7.78. The molecule has 0 aliphatic rings. The molecule has 0 amide bonds. The number of hydrogen-bond donors (Lipinski definition) is 1. The van der Waals surface area contributed by atoms with Crippen LogP contribution in [-0.2, 0) is 13.2 Å². The molecule has 0 unspecified atom stereocenters. The van der Waals surface area contributed by atoms with E-state index in [1.807, 2.05) is 42.5 Å². The number of hydrogen-bond acceptors (Lipinski definition) is 3. The SMILES string of the molecule is COc1cc(CNC(C)C)ccc1OCc1ccccc1.Cl. The van der Waals surface area contributed by atoms with E-state index >= 15 is 0 Å². The number of methoxy groups -OCH3 is 1. The third kappa shape index (κ3) is 5.58. The first-order valence-electron chi connectivity index (χ1n) is 7.26. The van der Waals surface area contributed by atoms with Crippen LogP contribution in [0.5, 0.6) is 11.5 Å². The summed E-state index contributed by atoms with van der Waals surface area (Å²) in [6, 6.07) is 16.6. The fraction of sp³-hybridized carbons (Fsp3) is 0.333. The molecule has 0 aliphatic carbocycles. The number of ether oxygens (including phenoxy) is 2. The van der Waals surface area contributed by atoms with Crippen molar-refractivity contribution in [2.24, 2.45) is 0 Å². The van der Waals surface area contributed by atoms with Gasteiger partial charge in [-0.15, -0.1) is 12.4 Å². The summed E-state index contributed by atoms with van der Waals surface area (Å²) < 4.78 is 11.3. The largest absolute Gasteiger partial charge is 0.493 e. The Morgan fingerprint density at radius 1 is 0.955 bits per heavy atom. The van der Waals surface area contributed by atoms with E-state index < -0.39 is 0 Å². The van der Waals surface area contributed by atoms with Gasteiger partial charge in [0.1, 0.15) is 6.61 Å². The average molecular weight is 322 g/mol. The highest BCUT2D eigenvalue weighted by Crippen LogP contribution is 2.28. The number of halogens is 1. The van der Waals surface area contributed by atoms with Crippen molar-refractivity contribution in [2.45, 2.75) is 33.0 Å². The highest BCUT2D eigenvalue weighted by molar-refractivity contribution is 5.85. The van der Waals surface area contributed by atoms with E-state index in [-0.39, 0.29) is 12.4 Å². The van der Waals surface area contributed by atoms with Crippen molar-refractivity contribution in [2.75, 3.05) is 7.11 Å². The van der Waals surface area contributed by atoms with E-state index in [9.17, 15) is 0 Å². The fourth-order valence-corrected chi connectivity index (χ4v) is 2.00. The van der Waals surface area contributed by atoms with E-state index in [0.717, 1.165) is 23.6 Å². The zero-order valence-electron chi connectivity index (χ0n) is 13.3. The molecule has 0 heterocycles. The summed E-state index contributed by atoms with van der Waals surface area (Å²) in [5.74, 6) is 1.55. The standard InChI is InChI=1S/C18H23NO2.ClH/c1-14(2)19-12-16-9-10-17(18(11-16)20-3)21-13-15-7-5-4-6-8-15;/h4-11,14,19H,12-13H2,1-3H3;1H. The molecule has 0 aromatic heterocycles. The first-order valence-corrected chi connectivity index (χ1v) is 7.26. The molecular formula is C18H24ClNO2. The molecule has 0 spiro atoms. The predicted molar refractivity (Wildman–Crippen MR) is 93.0 cm³/mol. The molecule has 2 rings (SSSR count). The van der Waals surface area contributed by atoms with Crippen LogP contribution >= 0.6 is 12.4 Å². The quantitative estimate of drug-likeness (QED) is 0.829. The molecule has 4 heteroatoms. The van der Waals surface area contributed by atoms with Gasteiger partial charge in [-0.2, -0.15) is 0 Å². The van der Waals surface area contributed by atoms with Gasteiger partial charge in [0.05, 0.1) is 7.11 Å². The lowest BCUT2D eigenvalue weighted by Gasteiger charge is -2.13. The Morgan fingerprint density at radius 2 is 1.68 bits per heavy atom. The second kappa shape index (κ2) is 9.34. The van der Waals surface area contributed by atoms with Crippen molar-refractivity contribution in [1.29, 1.82) is 0 Å². The first-order chi connectivity index (χ1) is 10.2. The Hall–Kier alpha value is -1.71. The van der Waals surface area contributed by atoms with Crippen LogP contribution in [0.2, 0.25) is 0 Å². The Morgan fingerprint density at radius 3 is 2.32 bits per heavy atom. The summed E-state index contributed by atoms with van der Waals surface area (Å²) in [6.45, 7) is 5.64. The first kappa shape index (κ1) is 18.3. The Bertz CT molecular complexity index is 558. The van der Waals surface area contributed by atoms with Gasteiger partial charge in [0.2, 0.25) is 0 Å². The summed E-state index contributed by atoms with van der Waals surface area (Å²) in [6.07, 6.45) is 0. The van der Waals surface area contributed by atoms with Gasteiger partial charge in [-0.05, 0) is 23.3 Å². The molecule has 0 fully saturated rings. The van der Waals surface area contributed by atoms with Gasteiger partial charge >= 0.3 is 0 Å². The van der Waals surface area contributed by atoms with E-state index in [1.54, 1.807) is 7.11 Å². The minimum Gasteiger partial charge on any atom is -0.493 e. The fourth-order valence-electron chi connectivity index (χ4n) is 2.00. The predicted octanol–water partition coefficient (Wildman–Crippen LogP) is 4.19. The minimum atomic E-state index is 0. The molecule has 2 aromatic rings. The zero-order valence-corrected chi connectivity index (χ0v) is 14.2. The lowest BCUT2D eigenvalue weighted by molar-refractivity contribution is 0.284. The van der Waals surface area contributed by atoms with Gasteiger partial charge in [-0.1, -0.05) is 50.2 Å². The van der Waals surface area contributed by atoms with Crippen molar-refractivity contribution in [3.05, 3.63) is 59.7 Å². The van der Waals surface area contributed by atoms with Crippen LogP contribution in [0.4, 0.5) is 0 Å². The van der Waals surface area contributed by atoms with E-state index in [4.69, 9.17) is 9.47 Å². The second-order valence-corrected chi connectivity index (χ2v) is 5.30. The maximum atomic E-state index is 5.85. The van der Waals surface area contributed by atoms with Crippen LogP contribution in [0.15, 0.2) is 48.5 Å². The van der Waals surface area contributed by atoms with Crippen molar-refractivity contribution >= 4 is 12.4 Å². The molecule has 0 bridgehead atoms.